The van der Waals surface area contributed by atoms with Gasteiger partial charge < -0.3 is 21.6 Å². The highest BCUT2D eigenvalue weighted by atomic mass is 16.4. The first kappa shape index (κ1) is 17.9. The average molecular weight is 355 g/mol. The van der Waals surface area contributed by atoms with E-state index in [0.717, 1.165) is 42.8 Å². The number of fused-ring (bicyclic) bond motifs is 1. The Kier molecular flexibility index (Phi) is 5.22. The van der Waals surface area contributed by atoms with Crippen molar-refractivity contribution in [2.45, 2.75) is 25.7 Å². The SMILES string of the molecule is C=C/C(=C\NC)c1cnn2c(N)c(/C(C)=N/O)c(C3CCCNC3)nc12. The quantitative estimate of drug-likeness (QED) is 0.281. The molecule has 5 N–H and O–H groups in total. The first-order valence-corrected chi connectivity index (χ1v) is 8.69. The number of anilines is 1. The van der Waals surface area contributed by atoms with E-state index in [2.05, 4.69) is 27.5 Å². The highest BCUT2D eigenvalue weighted by molar-refractivity contribution is 6.03. The third-order valence-corrected chi connectivity index (χ3v) is 4.74. The van der Waals surface area contributed by atoms with E-state index in [9.17, 15) is 5.21 Å². The van der Waals surface area contributed by atoms with Crippen LogP contribution in [0, 0.1) is 0 Å². The summed E-state index contributed by atoms with van der Waals surface area (Å²) in [6.07, 6.45) is 7.39. The Hall–Kier alpha value is -2.87. The molecule has 0 aliphatic carbocycles. The van der Waals surface area contributed by atoms with E-state index in [4.69, 9.17) is 10.7 Å². The Labute approximate surface area is 152 Å². The molecule has 8 nitrogen and oxygen atoms in total. The van der Waals surface area contributed by atoms with Gasteiger partial charge in [-0.3, -0.25) is 0 Å². The summed E-state index contributed by atoms with van der Waals surface area (Å²) >= 11 is 0. The van der Waals surface area contributed by atoms with Gasteiger partial charge in [0.25, 0.3) is 0 Å². The Morgan fingerprint density at radius 2 is 2.38 bits per heavy atom. The minimum absolute atomic E-state index is 0.200. The monoisotopic (exact) mass is 355 g/mol. The second-order valence-corrected chi connectivity index (χ2v) is 6.37. The third-order valence-electron chi connectivity index (χ3n) is 4.74. The van der Waals surface area contributed by atoms with Crippen LogP contribution in [0.1, 0.15) is 42.5 Å². The van der Waals surface area contributed by atoms with Crippen molar-refractivity contribution in [3.63, 3.8) is 0 Å². The van der Waals surface area contributed by atoms with E-state index in [0.29, 0.717) is 22.7 Å². The van der Waals surface area contributed by atoms with E-state index in [1.54, 1.807) is 23.7 Å². The van der Waals surface area contributed by atoms with Gasteiger partial charge in [0.2, 0.25) is 0 Å². The molecule has 2 aromatic rings. The number of hydrogen-bond acceptors (Lipinski definition) is 7. The third kappa shape index (κ3) is 3.03. The van der Waals surface area contributed by atoms with Gasteiger partial charge in [0.15, 0.2) is 5.65 Å². The van der Waals surface area contributed by atoms with Gasteiger partial charge in [0.05, 0.1) is 23.2 Å². The maximum atomic E-state index is 9.34. The van der Waals surface area contributed by atoms with Gasteiger partial charge in [-0.05, 0) is 26.3 Å². The van der Waals surface area contributed by atoms with Crippen LogP contribution in [0.2, 0.25) is 0 Å². The Morgan fingerprint density at radius 1 is 1.58 bits per heavy atom. The van der Waals surface area contributed by atoms with Gasteiger partial charge in [-0.15, -0.1) is 0 Å². The van der Waals surface area contributed by atoms with Crippen LogP contribution < -0.4 is 16.4 Å². The Bertz CT molecular complexity index is 875. The lowest BCUT2D eigenvalue weighted by molar-refractivity contribution is 0.319. The van der Waals surface area contributed by atoms with Crippen molar-refractivity contribution in [1.82, 2.24) is 25.2 Å². The van der Waals surface area contributed by atoms with Crippen LogP contribution in [0.25, 0.3) is 11.2 Å². The number of piperidine rings is 1. The van der Waals surface area contributed by atoms with Gasteiger partial charge in [0.1, 0.15) is 5.82 Å². The predicted molar refractivity (Wildman–Crippen MR) is 103 cm³/mol. The maximum absolute atomic E-state index is 9.34. The number of nitrogens with zero attached hydrogens (tertiary/aromatic N) is 4. The largest absolute Gasteiger partial charge is 0.411 e. The summed E-state index contributed by atoms with van der Waals surface area (Å²) in [5, 5.41) is 23.5. The molecule has 0 spiro atoms. The van der Waals surface area contributed by atoms with Crippen molar-refractivity contribution in [1.29, 1.82) is 0 Å². The molecule has 1 fully saturated rings. The first-order valence-electron chi connectivity index (χ1n) is 8.69. The molecule has 1 saturated heterocycles. The van der Waals surface area contributed by atoms with Crippen LogP contribution in [0.15, 0.2) is 30.2 Å². The molecular weight excluding hydrogens is 330 g/mol. The highest BCUT2D eigenvalue weighted by Crippen LogP contribution is 2.31. The molecule has 1 atom stereocenters. The fourth-order valence-corrected chi connectivity index (χ4v) is 3.44. The minimum atomic E-state index is 0.200. The summed E-state index contributed by atoms with van der Waals surface area (Å²) in [6.45, 7) is 7.41. The first-order chi connectivity index (χ1) is 12.6. The van der Waals surface area contributed by atoms with Crippen molar-refractivity contribution in [2.24, 2.45) is 5.16 Å². The second-order valence-electron chi connectivity index (χ2n) is 6.37. The summed E-state index contributed by atoms with van der Waals surface area (Å²) in [7, 11) is 1.83. The van der Waals surface area contributed by atoms with E-state index in [1.807, 2.05) is 13.2 Å². The van der Waals surface area contributed by atoms with E-state index in [1.165, 1.54) is 0 Å². The number of allylic oxidation sites excluding steroid dienone is 2. The number of oxime groups is 1. The summed E-state index contributed by atoms with van der Waals surface area (Å²) in [5.41, 5.74) is 10.7. The molecule has 138 valence electrons. The molecule has 3 rings (SSSR count). The predicted octanol–water partition coefficient (Wildman–Crippen LogP) is 1.72. The molecular formula is C18H25N7O. The van der Waals surface area contributed by atoms with Crippen LogP contribution in [0.4, 0.5) is 5.82 Å². The Morgan fingerprint density at radius 3 is 3.00 bits per heavy atom. The molecule has 0 amide bonds. The fraction of sp³-hybridized carbons (Fsp3) is 0.389. The van der Waals surface area contributed by atoms with Crippen molar-refractivity contribution >= 4 is 22.7 Å². The molecule has 0 bridgehead atoms. The van der Waals surface area contributed by atoms with E-state index in [-0.39, 0.29) is 5.92 Å². The normalized spacial score (nSPS) is 18.9. The van der Waals surface area contributed by atoms with Crippen LogP contribution in [-0.4, -0.2) is 45.7 Å². The molecule has 3 heterocycles. The van der Waals surface area contributed by atoms with Crippen LogP contribution in [0.5, 0.6) is 0 Å². The zero-order chi connectivity index (χ0) is 18.7. The van der Waals surface area contributed by atoms with Gasteiger partial charge in [-0.2, -0.15) is 9.61 Å². The fourth-order valence-electron chi connectivity index (χ4n) is 3.44. The number of nitrogens with one attached hydrogen (secondary N) is 2. The van der Waals surface area contributed by atoms with E-state index < -0.39 is 0 Å². The second kappa shape index (κ2) is 7.57. The number of nitrogens with two attached hydrogens (primary N) is 1. The molecule has 1 aliphatic heterocycles. The number of hydrogen-bond donors (Lipinski definition) is 4. The Balaban J connectivity index is 2.28. The molecule has 8 heteroatoms. The molecule has 1 unspecified atom stereocenters. The lowest BCUT2D eigenvalue weighted by Crippen LogP contribution is -2.30. The molecule has 0 saturated carbocycles. The minimum Gasteiger partial charge on any atom is -0.411 e. The molecule has 26 heavy (non-hydrogen) atoms. The standard InChI is InChI=1S/C18H25N7O/c1-4-12(8-20-3)14-10-22-25-17(19)15(11(2)24-26)16(23-18(14)25)13-6-5-7-21-9-13/h4,8,10,13,20-21,26H,1,5-7,9,19H2,2-3H3/b12-8+,24-11+. The van der Waals surface area contributed by atoms with Gasteiger partial charge in [-0.25, -0.2) is 4.98 Å². The zero-order valence-corrected chi connectivity index (χ0v) is 15.2. The summed E-state index contributed by atoms with van der Waals surface area (Å²) in [5.74, 6) is 0.621. The highest BCUT2D eigenvalue weighted by Gasteiger charge is 2.26. The van der Waals surface area contributed by atoms with Crippen LogP contribution >= 0.6 is 0 Å². The summed E-state index contributed by atoms with van der Waals surface area (Å²) in [6, 6.07) is 0. The lowest BCUT2D eigenvalue weighted by atomic mass is 9.91. The average Bonchev–Trinajstić information content (AvgIpc) is 3.10. The summed E-state index contributed by atoms with van der Waals surface area (Å²) in [4.78, 5) is 4.91. The van der Waals surface area contributed by atoms with Crippen molar-refractivity contribution < 1.29 is 5.21 Å². The zero-order valence-electron chi connectivity index (χ0n) is 15.2. The van der Waals surface area contributed by atoms with Crippen LogP contribution in [-0.2, 0) is 0 Å². The van der Waals surface area contributed by atoms with E-state index >= 15 is 0 Å². The lowest BCUT2D eigenvalue weighted by Gasteiger charge is -2.25. The van der Waals surface area contributed by atoms with Crippen molar-refractivity contribution in [2.75, 3.05) is 25.9 Å². The molecule has 1 aliphatic rings. The molecule has 2 aromatic heterocycles. The summed E-state index contributed by atoms with van der Waals surface area (Å²) < 4.78 is 1.59. The smallest absolute Gasteiger partial charge is 0.165 e. The maximum Gasteiger partial charge on any atom is 0.165 e. The number of nitrogen functional groups attached to an aromatic ring is 1. The number of rotatable bonds is 5. The van der Waals surface area contributed by atoms with Gasteiger partial charge in [0, 0.05) is 36.8 Å². The topological polar surface area (TPSA) is 113 Å². The molecule has 0 radical (unpaired) electrons. The number of aromatic nitrogens is 3. The van der Waals surface area contributed by atoms with Crippen LogP contribution in [0.3, 0.4) is 0 Å². The van der Waals surface area contributed by atoms with Crippen molar-refractivity contribution in [3.05, 3.63) is 41.9 Å². The van der Waals surface area contributed by atoms with Gasteiger partial charge in [-0.1, -0.05) is 17.8 Å². The molecule has 0 aromatic carbocycles. The van der Waals surface area contributed by atoms with Crippen molar-refractivity contribution in [3.8, 4) is 0 Å². The van der Waals surface area contributed by atoms with Gasteiger partial charge >= 0.3 is 0 Å².